The molecule has 0 aliphatic carbocycles. The van der Waals surface area contributed by atoms with Crippen molar-refractivity contribution < 1.29 is 9.53 Å². The van der Waals surface area contributed by atoms with E-state index in [1.54, 1.807) is 13.2 Å². The molecule has 5 heteroatoms. The molecular formula is C16H18N2O3. The molecule has 2 aromatic rings. The predicted molar refractivity (Wildman–Crippen MR) is 80.8 cm³/mol. The Labute approximate surface area is 123 Å². The molecule has 1 aromatic heterocycles. The van der Waals surface area contributed by atoms with E-state index in [-0.39, 0.29) is 11.5 Å². The fourth-order valence-electron chi connectivity index (χ4n) is 1.95. The highest BCUT2D eigenvalue weighted by molar-refractivity contribution is 5.93. The number of hydrogen-bond donors (Lipinski definition) is 1. The Morgan fingerprint density at radius 2 is 2.10 bits per heavy atom. The van der Waals surface area contributed by atoms with Crippen molar-refractivity contribution in [2.45, 2.75) is 13.5 Å². The molecule has 0 fully saturated rings. The van der Waals surface area contributed by atoms with Crippen molar-refractivity contribution in [2.24, 2.45) is 0 Å². The Balaban J connectivity index is 2.03. The molecule has 0 unspecified atom stereocenters. The van der Waals surface area contributed by atoms with Gasteiger partial charge in [0, 0.05) is 19.3 Å². The standard InChI is InChI=1S/C16H18N2O3/c1-12-4-3-5-14(10-12)21-9-8-18-11-13(16(20)17-2)6-7-15(18)19/h3-7,10-11H,8-9H2,1-2H3,(H,17,20). The van der Waals surface area contributed by atoms with Crippen LogP contribution < -0.4 is 15.6 Å². The summed E-state index contributed by atoms with van der Waals surface area (Å²) in [4.78, 5) is 23.3. The lowest BCUT2D eigenvalue weighted by Crippen LogP contribution is -2.25. The molecular weight excluding hydrogens is 268 g/mol. The number of benzene rings is 1. The minimum absolute atomic E-state index is 0.157. The second-order valence-corrected chi connectivity index (χ2v) is 4.69. The summed E-state index contributed by atoms with van der Waals surface area (Å²) >= 11 is 0. The van der Waals surface area contributed by atoms with E-state index in [0.717, 1.165) is 11.3 Å². The van der Waals surface area contributed by atoms with Crippen LogP contribution in [0.2, 0.25) is 0 Å². The van der Waals surface area contributed by atoms with Gasteiger partial charge in [-0.15, -0.1) is 0 Å². The number of nitrogens with one attached hydrogen (secondary N) is 1. The first-order valence-electron chi connectivity index (χ1n) is 6.72. The molecule has 0 spiro atoms. The fourth-order valence-corrected chi connectivity index (χ4v) is 1.95. The van der Waals surface area contributed by atoms with Crippen molar-refractivity contribution in [2.75, 3.05) is 13.7 Å². The van der Waals surface area contributed by atoms with Gasteiger partial charge < -0.3 is 14.6 Å². The van der Waals surface area contributed by atoms with Gasteiger partial charge in [0.1, 0.15) is 12.4 Å². The molecule has 0 radical (unpaired) electrons. The summed E-state index contributed by atoms with van der Waals surface area (Å²) in [5, 5.41) is 2.53. The van der Waals surface area contributed by atoms with E-state index in [1.165, 1.54) is 16.7 Å². The first-order chi connectivity index (χ1) is 10.1. The van der Waals surface area contributed by atoms with Crippen LogP contribution in [0.3, 0.4) is 0 Å². The van der Waals surface area contributed by atoms with Gasteiger partial charge in [-0.25, -0.2) is 0 Å². The van der Waals surface area contributed by atoms with Crippen LogP contribution in [0.25, 0.3) is 0 Å². The van der Waals surface area contributed by atoms with Crippen LogP contribution in [0.1, 0.15) is 15.9 Å². The normalized spacial score (nSPS) is 10.2. The second kappa shape index (κ2) is 6.74. The lowest BCUT2D eigenvalue weighted by molar-refractivity contribution is 0.0962. The number of carbonyl (C=O) groups is 1. The number of rotatable bonds is 5. The number of ether oxygens (including phenoxy) is 1. The van der Waals surface area contributed by atoms with Crippen LogP contribution in [-0.4, -0.2) is 24.1 Å². The van der Waals surface area contributed by atoms with E-state index in [2.05, 4.69) is 5.32 Å². The lowest BCUT2D eigenvalue weighted by Gasteiger charge is -2.10. The minimum atomic E-state index is -0.219. The maximum Gasteiger partial charge on any atom is 0.252 e. The molecule has 0 aliphatic rings. The Kier molecular flexibility index (Phi) is 4.77. The first kappa shape index (κ1) is 14.8. The van der Waals surface area contributed by atoms with E-state index in [1.807, 2.05) is 31.2 Å². The fraction of sp³-hybridized carbons (Fsp3) is 0.250. The Morgan fingerprint density at radius 3 is 2.81 bits per heavy atom. The monoisotopic (exact) mass is 286 g/mol. The van der Waals surface area contributed by atoms with Crippen LogP contribution in [-0.2, 0) is 6.54 Å². The summed E-state index contributed by atoms with van der Waals surface area (Å²) in [5.74, 6) is 0.550. The average molecular weight is 286 g/mol. The summed E-state index contributed by atoms with van der Waals surface area (Å²) in [5.41, 5.74) is 1.41. The van der Waals surface area contributed by atoms with E-state index < -0.39 is 0 Å². The summed E-state index contributed by atoms with van der Waals surface area (Å²) < 4.78 is 7.08. The van der Waals surface area contributed by atoms with Gasteiger partial charge in [0.15, 0.2) is 0 Å². The summed E-state index contributed by atoms with van der Waals surface area (Å²) in [6, 6.07) is 10.6. The molecule has 0 atom stereocenters. The highest BCUT2D eigenvalue weighted by Gasteiger charge is 2.05. The molecule has 0 saturated carbocycles. The van der Waals surface area contributed by atoms with E-state index in [4.69, 9.17) is 4.74 Å². The summed E-state index contributed by atoms with van der Waals surface area (Å²) in [6.45, 7) is 2.74. The molecule has 21 heavy (non-hydrogen) atoms. The molecule has 0 saturated heterocycles. The molecule has 1 heterocycles. The third-order valence-electron chi connectivity index (χ3n) is 3.06. The van der Waals surface area contributed by atoms with Crippen molar-refractivity contribution in [3.63, 3.8) is 0 Å². The van der Waals surface area contributed by atoms with Gasteiger partial charge in [0.05, 0.1) is 12.1 Å². The van der Waals surface area contributed by atoms with E-state index in [0.29, 0.717) is 18.7 Å². The van der Waals surface area contributed by atoms with Crippen LogP contribution in [0.15, 0.2) is 47.4 Å². The number of aryl methyl sites for hydroxylation is 1. The third-order valence-corrected chi connectivity index (χ3v) is 3.06. The number of amides is 1. The highest BCUT2D eigenvalue weighted by Crippen LogP contribution is 2.12. The first-order valence-corrected chi connectivity index (χ1v) is 6.72. The van der Waals surface area contributed by atoms with Crippen LogP contribution >= 0.6 is 0 Å². The molecule has 1 amide bonds. The Hall–Kier alpha value is -2.56. The van der Waals surface area contributed by atoms with E-state index >= 15 is 0 Å². The van der Waals surface area contributed by atoms with Crippen molar-refractivity contribution in [1.82, 2.24) is 9.88 Å². The molecule has 2 rings (SSSR count). The quantitative estimate of drug-likeness (QED) is 0.908. The smallest absolute Gasteiger partial charge is 0.252 e. The minimum Gasteiger partial charge on any atom is -0.492 e. The van der Waals surface area contributed by atoms with Crippen molar-refractivity contribution in [1.29, 1.82) is 0 Å². The van der Waals surface area contributed by atoms with Crippen LogP contribution in [0.4, 0.5) is 0 Å². The zero-order chi connectivity index (χ0) is 15.2. The molecule has 0 bridgehead atoms. The Bertz CT molecular complexity index is 692. The Morgan fingerprint density at radius 1 is 1.29 bits per heavy atom. The molecule has 1 aromatic carbocycles. The maximum absolute atomic E-state index is 11.8. The van der Waals surface area contributed by atoms with Gasteiger partial charge in [-0.3, -0.25) is 9.59 Å². The van der Waals surface area contributed by atoms with Gasteiger partial charge in [-0.05, 0) is 30.7 Å². The van der Waals surface area contributed by atoms with Gasteiger partial charge in [0.25, 0.3) is 11.5 Å². The number of hydrogen-bond acceptors (Lipinski definition) is 3. The molecule has 110 valence electrons. The van der Waals surface area contributed by atoms with Crippen molar-refractivity contribution >= 4 is 5.91 Å². The van der Waals surface area contributed by atoms with Gasteiger partial charge in [-0.1, -0.05) is 12.1 Å². The van der Waals surface area contributed by atoms with Gasteiger partial charge >= 0.3 is 0 Å². The van der Waals surface area contributed by atoms with E-state index in [9.17, 15) is 9.59 Å². The summed E-state index contributed by atoms with van der Waals surface area (Å²) in [6.07, 6.45) is 1.54. The summed E-state index contributed by atoms with van der Waals surface area (Å²) in [7, 11) is 1.55. The lowest BCUT2D eigenvalue weighted by atomic mass is 10.2. The van der Waals surface area contributed by atoms with Crippen LogP contribution in [0, 0.1) is 6.92 Å². The second-order valence-electron chi connectivity index (χ2n) is 4.69. The van der Waals surface area contributed by atoms with Crippen molar-refractivity contribution in [3.05, 3.63) is 64.1 Å². The maximum atomic E-state index is 11.8. The largest absolute Gasteiger partial charge is 0.492 e. The number of carbonyl (C=O) groups excluding carboxylic acids is 1. The number of pyridine rings is 1. The number of nitrogens with zero attached hydrogens (tertiary/aromatic N) is 1. The zero-order valence-electron chi connectivity index (χ0n) is 12.1. The van der Waals surface area contributed by atoms with Gasteiger partial charge in [0.2, 0.25) is 0 Å². The van der Waals surface area contributed by atoms with Crippen LogP contribution in [0.5, 0.6) is 5.75 Å². The average Bonchev–Trinajstić information content (AvgIpc) is 2.48. The zero-order valence-corrected chi connectivity index (χ0v) is 12.1. The highest BCUT2D eigenvalue weighted by atomic mass is 16.5. The molecule has 5 nitrogen and oxygen atoms in total. The third kappa shape index (κ3) is 3.95. The van der Waals surface area contributed by atoms with Gasteiger partial charge in [-0.2, -0.15) is 0 Å². The SMILES string of the molecule is CNC(=O)c1ccc(=O)n(CCOc2cccc(C)c2)c1. The van der Waals surface area contributed by atoms with Crippen molar-refractivity contribution in [3.8, 4) is 5.75 Å². The predicted octanol–water partition coefficient (Wildman–Crippen LogP) is 1.60. The topological polar surface area (TPSA) is 60.3 Å². The molecule has 1 N–H and O–H groups in total. The number of aromatic nitrogens is 1. The molecule has 0 aliphatic heterocycles.